The Balaban J connectivity index is 1.91. The summed E-state index contributed by atoms with van der Waals surface area (Å²) in [4.78, 5) is 0. The highest BCUT2D eigenvalue weighted by molar-refractivity contribution is 6.42. The van der Waals surface area contributed by atoms with Crippen molar-refractivity contribution in [2.75, 3.05) is 20.2 Å². The average molecular weight is 338 g/mol. The zero-order valence-electron chi connectivity index (χ0n) is 12.2. The lowest BCUT2D eigenvalue weighted by Gasteiger charge is -2.33. The van der Waals surface area contributed by atoms with Gasteiger partial charge in [-0.3, -0.25) is 0 Å². The van der Waals surface area contributed by atoms with Crippen LogP contribution in [0.3, 0.4) is 0 Å². The molecule has 2 aromatic rings. The summed E-state index contributed by atoms with van der Waals surface area (Å²) in [7, 11) is 1.93. The second-order valence-corrected chi connectivity index (χ2v) is 6.10. The standard InChI is InChI=1S/C17H17Cl2NO2/c1-20-9-11-10-21-16-5-3-2-4-13(16)17(11)22-12-6-7-14(18)15(19)8-12/h2-8,11,17,20H,9-10H2,1H3. The molecule has 0 fully saturated rings. The maximum atomic E-state index is 6.22. The molecule has 2 aromatic carbocycles. The minimum Gasteiger partial charge on any atom is -0.493 e. The summed E-state index contributed by atoms with van der Waals surface area (Å²) < 4.78 is 12.1. The molecule has 2 atom stereocenters. The second kappa shape index (κ2) is 6.78. The molecule has 0 amide bonds. The number of nitrogens with one attached hydrogen (secondary N) is 1. The van der Waals surface area contributed by atoms with Crippen LogP contribution in [0.1, 0.15) is 11.7 Å². The van der Waals surface area contributed by atoms with E-state index in [0.29, 0.717) is 22.4 Å². The van der Waals surface area contributed by atoms with Crippen LogP contribution < -0.4 is 14.8 Å². The molecule has 3 nitrogen and oxygen atoms in total. The van der Waals surface area contributed by atoms with Gasteiger partial charge in [0.15, 0.2) is 0 Å². The molecule has 0 bridgehead atoms. The summed E-state index contributed by atoms with van der Waals surface area (Å²) in [5.41, 5.74) is 1.06. The van der Waals surface area contributed by atoms with Crippen molar-refractivity contribution in [2.45, 2.75) is 6.10 Å². The van der Waals surface area contributed by atoms with Crippen LogP contribution in [0.25, 0.3) is 0 Å². The first-order valence-electron chi connectivity index (χ1n) is 7.17. The number of hydrogen-bond donors (Lipinski definition) is 1. The highest BCUT2D eigenvalue weighted by Gasteiger charge is 2.32. The molecule has 0 aromatic heterocycles. The van der Waals surface area contributed by atoms with Crippen LogP contribution in [0.15, 0.2) is 42.5 Å². The summed E-state index contributed by atoms with van der Waals surface area (Å²) >= 11 is 12.0. The van der Waals surface area contributed by atoms with Crippen LogP contribution in [-0.2, 0) is 0 Å². The minimum atomic E-state index is -0.0883. The van der Waals surface area contributed by atoms with Gasteiger partial charge < -0.3 is 14.8 Å². The van der Waals surface area contributed by atoms with Gasteiger partial charge in [0.2, 0.25) is 0 Å². The normalized spacial score (nSPS) is 20.1. The van der Waals surface area contributed by atoms with E-state index in [0.717, 1.165) is 17.9 Å². The topological polar surface area (TPSA) is 30.5 Å². The van der Waals surface area contributed by atoms with Gasteiger partial charge in [0.25, 0.3) is 0 Å². The predicted octanol–water partition coefficient (Wildman–Crippen LogP) is 4.34. The molecule has 1 aliphatic rings. The van der Waals surface area contributed by atoms with Gasteiger partial charge in [-0.25, -0.2) is 0 Å². The lowest BCUT2D eigenvalue weighted by molar-refractivity contribution is 0.0704. The summed E-state index contributed by atoms with van der Waals surface area (Å²) in [5, 5.41) is 4.21. The summed E-state index contributed by atoms with van der Waals surface area (Å²) in [6.45, 7) is 1.42. The van der Waals surface area contributed by atoms with Crippen LogP contribution in [0.2, 0.25) is 10.0 Å². The predicted molar refractivity (Wildman–Crippen MR) is 89.2 cm³/mol. The first kappa shape index (κ1) is 15.5. The van der Waals surface area contributed by atoms with Gasteiger partial charge in [0, 0.05) is 24.1 Å². The third-order valence-electron chi connectivity index (χ3n) is 3.73. The molecule has 5 heteroatoms. The molecular weight excluding hydrogens is 321 g/mol. The molecule has 116 valence electrons. The Labute approximate surface area is 140 Å². The van der Waals surface area contributed by atoms with Gasteiger partial charge >= 0.3 is 0 Å². The lowest BCUT2D eigenvalue weighted by Crippen LogP contribution is -2.35. The number of rotatable bonds is 4. The number of hydrogen-bond acceptors (Lipinski definition) is 3. The zero-order valence-corrected chi connectivity index (χ0v) is 13.7. The number of para-hydroxylation sites is 1. The molecule has 1 aliphatic heterocycles. The van der Waals surface area contributed by atoms with E-state index < -0.39 is 0 Å². The largest absolute Gasteiger partial charge is 0.493 e. The first-order valence-corrected chi connectivity index (χ1v) is 7.92. The first-order chi connectivity index (χ1) is 10.7. The molecule has 2 unspecified atom stereocenters. The van der Waals surface area contributed by atoms with E-state index >= 15 is 0 Å². The lowest BCUT2D eigenvalue weighted by atomic mass is 9.93. The van der Waals surface area contributed by atoms with Crippen molar-refractivity contribution in [3.8, 4) is 11.5 Å². The summed E-state index contributed by atoms with van der Waals surface area (Å²) in [6, 6.07) is 13.3. The van der Waals surface area contributed by atoms with E-state index in [1.165, 1.54) is 0 Å². The number of fused-ring (bicyclic) bond motifs is 1. The third-order valence-corrected chi connectivity index (χ3v) is 4.47. The van der Waals surface area contributed by atoms with Crippen LogP contribution in [-0.4, -0.2) is 20.2 Å². The number of halogens is 2. The Morgan fingerprint density at radius 1 is 1.18 bits per heavy atom. The molecule has 0 spiro atoms. The molecule has 3 rings (SSSR count). The Morgan fingerprint density at radius 3 is 2.77 bits per heavy atom. The molecule has 1 heterocycles. The number of ether oxygens (including phenoxy) is 2. The molecule has 0 aliphatic carbocycles. The quantitative estimate of drug-likeness (QED) is 0.899. The van der Waals surface area contributed by atoms with Gasteiger partial charge in [0.1, 0.15) is 17.6 Å². The van der Waals surface area contributed by atoms with E-state index in [1.54, 1.807) is 12.1 Å². The van der Waals surface area contributed by atoms with Crippen molar-refractivity contribution in [1.82, 2.24) is 5.32 Å². The summed E-state index contributed by atoms with van der Waals surface area (Å²) in [6.07, 6.45) is -0.0883. The smallest absolute Gasteiger partial charge is 0.135 e. The highest BCUT2D eigenvalue weighted by atomic mass is 35.5. The van der Waals surface area contributed by atoms with Gasteiger partial charge in [-0.05, 0) is 25.2 Å². The van der Waals surface area contributed by atoms with E-state index in [4.69, 9.17) is 32.7 Å². The van der Waals surface area contributed by atoms with Gasteiger partial charge in [-0.1, -0.05) is 41.4 Å². The Bertz CT molecular complexity index is 663. The maximum Gasteiger partial charge on any atom is 0.135 e. The maximum absolute atomic E-state index is 6.22. The van der Waals surface area contributed by atoms with Gasteiger partial charge in [0.05, 0.1) is 16.7 Å². The molecule has 0 saturated carbocycles. The van der Waals surface area contributed by atoms with Crippen LogP contribution >= 0.6 is 23.2 Å². The van der Waals surface area contributed by atoms with Gasteiger partial charge in [-0.2, -0.15) is 0 Å². The van der Waals surface area contributed by atoms with E-state index in [9.17, 15) is 0 Å². The van der Waals surface area contributed by atoms with Crippen molar-refractivity contribution in [2.24, 2.45) is 5.92 Å². The summed E-state index contributed by atoms with van der Waals surface area (Å²) in [5.74, 6) is 1.80. The Hall–Kier alpha value is -1.42. The monoisotopic (exact) mass is 337 g/mol. The molecule has 0 saturated heterocycles. The fraction of sp³-hybridized carbons (Fsp3) is 0.294. The van der Waals surface area contributed by atoms with Crippen LogP contribution in [0, 0.1) is 5.92 Å². The van der Waals surface area contributed by atoms with Crippen molar-refractivity contribution in [3.05, 3.63) is 58.1 Å². The molecule has 22 heavy (non-hydrogen) atoms. The van der Waals surface area contributed by atoms with Gasteiger partial charge in [-0.15, -0.1) is 0 Å². The van der Waals surface area contributed by atoms with Crippen molar-refractivity contribution >= 4 is 23.2 Å². The SMILES string of the molecule is CNCC1COc2ccccc2C1Oc1ccc(Cl)c(Cl)c1. The van der Waals surface area contributed by atoms with E-state index in [-0.39, 0.29) is 12.0 Å². The van der Waals surface area contributed by atoms with Crippen molar-refractivity contribution in [3.63, 3.8) is 0 Å². The second-order valence-electron chi connectivity index (χ2n) is 5.28. The third kappa shape index (κ3) is 3.17. The Morgan fingerprint density at radius 2 is 2.00 bits per heavy atom. The number of benzene rings is 2. The average Bonchev–Trinajstić information content (AvgIpc) is 2.53. The minimum absolute atomic E-state index is 0.0883. The highest BCUT2D eigenvalue weighted by Crippen LogP contribution is 2.39. The van der Waals surface area contributed by atoms with Crippen LogP contribution in [0.5, 0.6) is 11.5 Å². The molecule has 1 N–H and O–H groups in total. The zero-order chi connectivity index (χ0) is 15.5. The molecular formula is C17H17Cl2NO2. The van der Waals surface area contributed by atoms with Crippen molar-refractivity contribution < 1.29 is 9.47 Å². The molecule has 0 radical (unpaired) electrons. The van der Waals surface area contributed by atoms with E-state index in [2.05, 4.69) is 5.32 Å². The van der Waals surface area contributed by atoms with Crippen LogP contribution in [0.4, 0.5) is 0 Å². The van der Waals surface area contributed by atoms with E-state index in [1.807, 2.05) is 37.4 Å². The fourth-order valence-electron chi connectivity index (χ4n) is 2.67. The van der Waals surface area contributed by atoms with Crippen molar-refractivity contribution in [1.29, 1.82) is 0 Å². The fourth-order valence-corrected chi connectivity index (χ4v) is 2.96. The Kier molecular flexibility index (Phi) is 4.77.